The Labute approximate surface area is 160 Å². The number of benzene rings is 1. The minimum Gasteiger partial charge on any atom is -0.345 e. The van der Waals surface area contributed by atoms with E-state index in [0.717, 1.165) is 37.4 Å². The number of thiazole rings is 1. The van der Waals surface area contributed by atoms with Crippen LogP contribution >= 0.6 is 11.3 Å². The Balaban J connectivity index is 1.67. The van der Waals surface area contributed by atoms with E-state index in [0.29, 0.717) is 5.92 Å². The van der Waals surface area contributed by atoms with Crippen LogP contribution in [0.3, 0.4) is 0 Å². The summed E-state index contributed by atoms with van der Waals surface area (Å²) in [6.45, 7) is 8.31. The summed E-state index contributed by atoms with van der Waals surface area (Å²) in [5, 5.41) is 6.28. The number of carbonyl (C=O) groups is 1. The van der Waals surface area contributed by atoms with Crippen molar-refractivity contribution in [3.05, 3.63) is 52.0 Å². The number of nitrogens with zero attached hydrogens (tertiary/aromatic N) is 2. The Morgan fingerprint density at radius 1 is 1.42 bits per heavy atom. The topological polar surface area (TPSA) is 45.2 Å². The second-order valence-corrected chi connectivity index (χ2v) is 8.60. The third kappa shape index (κ3) is 4.92. The van der Waals surface area contributed by atoms with Crippen molar-refractivity contribution in [2.45, 2.75) is 58.7 Å². The van der Waals surface area contributed by atoms with E-state index in [1.54, 1.807) is 11.3 Å². The highest BCUT2D eigenvalue weighted by molar-refractivity contribution is 7.09. The zero-order chi connectivity index (χ0) is 18.5. The molecule has 26 heavy (non-hydrogen) atoms. The first-order valence-electron chi connectivity index (χ1n) is 9.52. The average molecular weight is 372 g/mol. The van der Waals surface area contributed by atoms with Gasteiger partial charge < -0.3 is 5.32 Å². The van der Waals surface area contributed by atoms with Crippen molar-refractivity contribution >= 4 is 17.2 Å². The monoisotopic (exact) mass is 371 g/mol. The molecule has 3 rings (SSSR count). The van der Waals surface area contributed by atoms with Gasteiger partial charge in [0.05, 0.1) is 12.1 Å². The van der Waals surface area contributed by atoms with Gasteiger partial charge in [-0.25, -0.2) is 4.98 Å². The molecule has 1 aliphatic heterocycles. The third-order valence-corrected chi connectivity index (χ3v) is 5.80. The molecule has 1 N–H and O–H groups in total. The van der Waals surface area contributed by atoms with Gasteiger partial charge in [-0.15, -0.1) is 11.3 Å². The summed E-state index contributed by atoms with van der Waals surface area (Å²) in [6, 6.07) is 8.55. The maximum Gasteiger partial charge on any atom is 0.237 e. The van der Waals surface area contributed by atoms with Crippen molar-refractivity contribution in [3.8, 4) is 0 Å². The molecule has 4 nitrogen and oxygen atoms in total. The molecule has 0 aliphatic carbocycles. The first-order chi connectivity index (χ1) is 12.5. The fourth-order valence-corrected chi connectivity index (χ4v) is 4.43. The Hall–Kier alpha value is -1.72. The van der Waals surface area contributed by atoms with E-state index in [4.69, 9.17) is 0 Å². The number of nitrogens with one attached hydrogen (secondary N) is 1. The lowest BCUT2D eigenvalue weighted by atomic mass is 10.0. The molecule has 2 aromatic rings. The summed E-state index contributed by atoms with van der Waals surface area (Å²) in [7, 11) is 0. The number of rotatable bonds is 7. The Kier molecular flexibility index (Phi) is 6.43. The predicted octanol–water partition coefficient (Wildman–Crippen LogP) is 4.32. The molecule has 1 amide bonds. The molecule has 0 spiro atoms. The van der Waals surface area contributed by atoms with Gasteiger partial charge in [-0.1, -0.05) is 43.7 Å². The molecular weight excluding hydrogens is 342 g/mol. The van der Waals surface area contributed by atoms with E-state index < -0.39 is 0 Å². The van der Waals surface area contributed by atoms with Gasteiger partial charge in [-0.2, -0.15) is 0 Å². The van der Waals surface area contributed by atoms with Gasteiger partial charge in [0.1, 0.15) is 5.01 Å². The van der Waals surface area contributed by atoms with Crippen LogP contribution in [0.5, 0.6) is 0 Å². The number of aromatic nitrogens is 1. The predicted molar refractivity (Wildman–Crippen MR) is 107 cm³/mol. The van der Waals surface area contributed by atoms with Gasteiger partial charge in [-0.05, 0) is 44.2 Å². The van der Waals surface area contributed by atoms with Gasteiger partial charge in [0.2, 0.25) is 5.91 Å². The lowest BCUT2D eigenvalue weighted by Gasteiger charge is -2.26. The van der Waals surface area contributed by atoms with Gasteiger partial charge >= 0.3 is 0 Å². The molecule has 1 fully saturated rings. The minimum atomic E-state index is -0.0369. The second-order valence-electron chi connectivity index (χ2n) is 7.68. The molecule has 1 saturated heterocycles. The van der Waals surface area contributed by atoms with E-state index >= 15 is 0 Å². The molecule has 1 aromatic heterocycles. The van der Waals surface area contributed by atoms with Crippen LogP contribution in [0.1, 0.15) is 55.3 Å². The zero-order valence-corrected chi connectivity index (χ0v) is 16.8. The van der Waals surface area contributed by atoms with E-state index in [1.165, 1.54) is 11.1 Å². The summed E-state index contributed by atoms with van der Waals surface area (Å²) in [5.41, 5.74) is 2.55. The minimum absolute atomic E-state index is 0.0175. The molecule has 1 aliphatic rings. The number of hydrogen-bond donors (Lipinski definition) is 1. The lowest BCUT2D eigenvalue weighted by Crippen LogP contribution is -2.44. The molecule has 140 valence electrons. The van der Waals surface area contributed by atoms with Crippen molar-refractivity contribution in [1.29, 1.82) is 0 Å². The maximum atomic E-state index is 13.0. The van der Waals surface area contributed by atoms with Crippen molar-refractivity contribution in [2.24, 2.45) is 5.92 Å². The Morgan fingerprint density at radius 2 is 2.27 bits per heavy atom. The summed E-state index contributed by atoms with van der Waals surface area (Å²) in [5.74, 6) is 0.659. The standard InChI is InChI=1S/C21H29N3OS/c1-15(2)12-18(21-22-9-11-26-21)23-20(25)19-8-5-10-24(19)14-17-7-4-6-16(3)13-17/h4,6-7,9,11,13,15,18-19H,5,8,10,12,14H2,1-3H3,(H,23,25). The molecule has 1 aromatic carbocycles. The van der Waals surface area contributed by atoms with Crippen LogP contribution in [0.4, 0.5) is 0 Å². The highest BCUT2D eigenvalue weighted by Gasteiger charge is 2.32. The van der Waals surface area contributed by atoms with Crippen molar-refractivity contribution in [3.63, 3.8) is 0 Å². The normalized spacial score (nSPS) is 19.0. The molecule has 2 atom stereocenters. The smallest absolute Gasteiger partial charge is 0.237 e. The highest BCUT2D eigenvalue weighted by atomic mass is 32.1. The SMILES string of the molecule is Cc1cccc(CN2CCCC2C(=O)NC(CC(C)C)c2nccs2)c1. The fourth-order valence-electron chi connectivity index (χ4n) is 3.72. The van der Waals surface area contributed by atoms with Crippen molar-refractivity contribution in [1.82, 2.24) is 15.2 Å². The number of hydrogen-bond acceptors (Lipinski definition) is 4. The quantitative estimate of drug-likeness (QED) is 0.788. The highest BCUT2D eigenvalue weighted by Crippen LogP contribution is 2.26. The van der Waals surface area contributed by atoms with E-state index in [9.17, 15) is 4.79 Å². The molecular formula is C21H29N3OS. The maximum absolute atomic E-state index is 13.0. The lowest BCUT2D eigenvalue weighted by molar-refractivity contribution is -0.126. The van der Waals surface area contributed by atoms with Crippen LogP contribution in [-0.2, 0) is 11.3 Å². The van der Waals surface area contributed by atoms with Crippen molar-refractivity contribution in [2.75, 3.05) is 6.54 Å². The molecule has 2 unspecified atom stereocenters. The second kappa shape index (κ2) is 8.78. The molecule has 0 radical (unpaired) electrons. The third-order valence-electron chi connectivity index (χ3n) is 4.91. The number of aryl methyl sites for hydroxylation is 1. The van der Waals surface area contributed by atoms with Crippen LogP contribution in [0.2, 0.25) is 0 Å². The van der Waals surface area contributed by atoms with Crippen LogP contribution in [0.25, 0.3) is 0 Å². The molecule has 0 saturated carbocycles. The van der Waals surface area contributed by atoms with Crippen LogP contribution < -0.4 is 5.32 Å². The van der Waals surface area contributed by atoms with E-state index in [-0.39, 0.29) is 18.0 Å². The van der Waals surface area contributed by atoms with Crippen molar-refractivity contribution < 1.29 is 4.79 Å². The Morgan fingerprint density at radius 3 is 2.96 bits per heavy atom. The first-order valence-corrected chi connectivity index (χ1v) is 10.4. The number of amides is 1. The summed E-state index contributed by atoms with van der Waals surface area (Å²) in [6.07, 6.45) is 4.75. The average Bonchev–Trinajstić information content (AvgIpc) is 3.25. The molecule has 5 heteroatoms. The van der Waals surface area contributed by atoms with E-state index in [2.05, 4.69) is 60.2 Å². The van der Waals surface area contributed by atoms with Gasteiger partial charge in [0.15, 0.2) is 0 Å². The van der Waals surface area contributed by atoms with Crippen LogP contribution in [-0.4, -0.2) is 28.4 Å². The zero-order valence-electron chi connectivity index (χ0n) is 15.9. The largest absolute Gasteiger partial charge is 0.345 e. The van der Waals surface area contributed by atoms with Crippen LogP contribution in [0, 0.1) is 12.8 Å². The first kappa shape index (κ1) is 19.1. The summed E-state index contributed by atoms with van der Waals surface area (Å²) >= 11 is 1.62. The molecule has 2 heterocycles. The van der Waals surface area contributed by atoms with Gasteiger partial charge in [-0.3, -0.25) is 9.69 Å². The van der Waals surface area contributed by atoms with Crippen LogP contribution in [0.15, 0.2) is 35.8 Å². The summed E-state index contributed by atoms with van der Waals surface area (Å²) in [4.78, 5) is 19.8. The summed E-state index contributed by atoms with van der Waals surface area (Å²) < 4.78 is 0. The Bertz CT molecular complexity index is 714. The van der Waals surface area contributed by atoms with Gasteiger partial charge in [0, 0.05) is 18.1 Å². The van der Waals surface area contributed by atoms with Gasteiger partial charge in [0.25, 0.3) is 0 Å². The number of likely N-dealkylation sites (tertiary alicyclic amines) is 1. The van der Waals surface area contributed by atoms with E-state index in [1.807, 2.05) is 11.6 Å². The number of carbonyl (C=O) groups excluding carboxylic acids is 1. The molecule has 0 bridgehead atoms. The fraction of sp³-hybridized carbons (Fsp3) is 0.524.